The minimum atomic E-state index is -0.0794. The van der Waals surface area contributed by atoms with Crippen molar-refractivity contribution >= 4 is 29.4 Å². The molecule has 1 fully saturated rings. The number of hydrogen-bond acceptors (Lipinski definition) is 5. The minimum absolute atomic E-state index is 0. The lowest BCUT2D eigenvalue weighted by atomic mass is 10.0. The molecule has 1 atom stereocenters. The van der Waals surface area contributed by atoms with Gasteiger partial charge in [-0.25, -0.2) is 4.98 Å². The maximum Gasteiger partial charge on any atom is 0.259 e. The largest absolute Gasteiger partial charge is 0.348 e. The Hall–Kier alpha value is -1.66. The standard InChI is InChI=1S/C15H20N4O2.ClH/c1-8(2)12-6-11(13-9(3)19-21-15(13)18-12)14(20)17-10-4-5-16-7-10;/h6,8,10,16H,4-5,7H2,1-3H3,(H,17,20);1H. The highest BCUT2D eigenvalue weighted by Gasteiger charge is 2.23. The van der Waals surface area contributed by atoms with Crippen molar-refractivity contribution in [1.82, 2.24) is 20.8 Å². The van der Waals surface area contributed by atoms with Crippen LogP contribution in [0.2, 0.25) is 0 Å². The molecule has 120 valence electrons. The smallest absolute Gasteiger partial charge is 0.259 e. The lowest BCUT2D eigenvalue weighted by molar-refractivity contribution is 0.0941. The molecule has 1 saturated heterocycles. The number of aryl methyl sites for hydroxylation is 1. The second kappa shape index (κ2) is 6.62. The van der Waals surface area contributed by atoms with Crippen molar-refractivity contribution in [1.29, 1.82) is 0 Å². The van der Waals surface area contributed by atoms with E-state index in [1.54, 1.807) is 0 Å². The van der Waals surface area contributed by atoms with Crippen molar-refractivity contribution in [3.63, 3.8) is 0 Å². The Balaban J connectivity index is 0.00000176. The van der Waals surface area contributed by atoms with Crippen LogP contribution >= 0.6 is 12.4 Å². The van der Waals surface area contributed by atoms with E-state index in [0.717, 1.165) is 25.2 Å². The van der Waals surface area contributed by atoms with Crippen LogP contribution in [0.15, 0.2) is 10.6 Å². The summed E-state index contributed by atoms with van der Waals surface area (Å²) in [7, 11) is 0. The van der Waals surface area contributed by atoms with E-state index in [-0.39, 0.29) is 30.3 Å². The fourth-order valence-corrected chi connectivity index (χ4v) is 2.63. The third kappa shape index (κ3) is 3.08. The first-order valence-corrected chi connectivity index (χ1v) is 7.34. The van der Waals surface area contributed by atoms with Gasteiger partial charge in [0, 0.05) is 18.3 Å². The maximum absolute atomic E-state index is 12.6. The fourth-order valence-electron chi connectivity index (χ4n) is 2.63. The minimum Gasteiger partial charge on any atom is -0.348 e. The van der Waals surface area contributed by atoms with Gasteiger partial charge in [0.1, 0.15) is 0 Å². The van der Waals surface area contributed by atoms with Crippen molar-refractivity contribution in [2.24, 2.45) is 0 Å². The number of halogens is 1. The number of amides is 1. The first-order chi connectivity index (χ1) is 10.1. The van der Waals surface area contributed by atoms with Crippen molar-refractivity contribution in [3.05, 3.63) is 23.0 Å². The lowest BCUT2D eigenvalue weighted by Crippen LogP contribution is -2.36. The summed E-state index contributed by atoms with van der Waals surface area (Å²) >= 11 is 0. The SMILES string of the molecule is Cc1noc2nc(C(C)C)cc(C(=O)NC3CCNC3)c12.Cl. The van der Waals surface area contributed by atoms with Crippen molar-refractivity contribution < 1.29 is 9.32 Å². The van der Waals surface area contributed by atoms with E-state index in [1.807, 2.05) is 26.8 Å². The van der Waals surface area contributed by atoms with Crippen LogP contribution in [0.1, 0.15) is 47.9 Å². The number of nitrogens with zero attached hydrogens (tertiary/aromatic N) is 2. The molecule has 1 unspecified atom stereocenters. The molecule has 0 saturated carbocycles. The number of carbonyl (C=O) groups is 1. The summed E-state index contributed by atoms with van der Waals surface area (Å²) in [5.74, 6) is 0.142. The Labute approximate surface area is 135 Å². The van der Waals surface area contributed by atoms with E-state index in [4.69, 9.17) is 4.52 Å². The monoisotopic (exact) mass is 324 g/mol. The number of pyridine rings is 1. The van der Waals surface area contributed by atoms with Crippen LogP contribution in [0, 0.1) is 6.92 Å². The third-order valence-electron chi connectivity index (χ3n) is 3.87. The molecule has 0 aromatic carbocycles. The lowest BCUT2D eigenvalue weighted by Gasteiger charge is -2.13. The van der Waals surface area contributed by atoms with E-state index < -0.39 is 0 Å². The molecular weight excluding hydrogens is 304 g/mol. The van der Waals surface area contributed by atoms with Gasteiger partial charge in [0.05, 0.1) is 16.6 Å². The third-order valence-corrected chi connectivity index (χ3v) is 3.87. The summed E-state index contributed by atoms with van der Waals surface area (Å²) in [5.41, 5.74) is 2.58. The summed E-state index contributed by atoms with van der Waals surface area (Å²) in [6, 6.07) is 2.04. The van der Waals surface area contributed by atoms with E-state index >= 15 is 0 Å². The zero-order chi connectivity index (χ0) is 15.0. The number of fused-ring (bicyclic) bond motifs is 1. The Morgan fingerprint density at radius 3 is 2.91 bits per heavy atom. The van der Waals surface area contributed by atoms with E-state index in [9.17, 15) is 4.79 Å². The fraction of sp³-hybridized carbons (Fsp3) is 0.533. The van der Waals surface area contributed by atoms with Gasteiger partial charge in [0.2, 0.25) is 0 Å². The van der Waals surface area contributed by atoms with Crippen LogP contribution in [-0.2, 0) is 0 Å². The Bertz CT molecular complexity index is 677. The molecule has 3 rings (SSSR count). The molecule has 3 heterocycles. The predicted octanol–water partition coefficient (Wildman–Crippen LogP) is 2.17. The molecule has 22 heavy (non-hydrogen) atoms. The van der Waals surface area contributed by atoms with Gasteiger partial charge in [0.25, 0.3) is 11.6 Å². The second-order valence-corrected chi connectivity index (χ2v) is 5.86. The zero-order valence-corrected chi connectivity index (χ0v) is 13.8. The van der Waals surface area contributed by atoms with Crippen LogP contribution in [-0.4, -0.2) is 35.2 Å². The Morgan fingerprint density at radius 2 is 2.27 bits per heavy atom. The number of nitrogens with one attached hydrogen (secondary N) is 2. The summed E-state index contributed by atoms with van der Waals surface area (Å²) in [4.78, 5) is 17.1. The van der Waals surface area contributed by atoms with Crippen molar-refractivity contribution in [2.75, 3.05) is 13.1 Å². The van der Waals surface area contributed by atoms with E-state index in [1.165, 1.54) is 0 Å². The Kier molecular flexibility index (Phi) is 5.03. The summed E-state index contributed by atoms with van der Waals surface area (Å²) in [5, 5.41) is 11.0. The van der Waals surface area contributed by atoms with Gasteiger partial charge in [-0.3, -0.25) is 4.79 Å². The van der Waals surface area contributed by atoms with Gasteiger partial charge in [0.15, 0.2) is 0 Å². The maximum atomic E-state index is 12.6. The highest BCUT2D eigenvalue weighted by atomic mass is 35.5. The summed E-state index contributed by atoms with van der Waals surface area (Å²) < 4.78 is 5.25. The van der Waals surface area contributed by atoms with Gasteiger partial charge >= 0.3 is 0 Å². The molecule has 1 amide bonds. The van der Waals surface area contributed by atoms with Gasteiger partial charge in [-0.1, -0.05) is 19.0 Å². The van der Waals surface area contributed by atoms with Gasteiger partial charge in [-0.15, -0.1) is 12.4 Å². The molecule has 0 bridgehead atoms. The van der Waals surface area contributed by atoms with Crippen LogP contribution < -0.4 is 10.6 Å². The normalized spacial score (nSPS) is 17.7. The molecule has 6 nitrogen and oxygen atoms in total. The van der Waals surface area contributed by atoms with E-state index in [0.29, 0.717) is 22.4 Å². The van der Waals surface area contributed by atoms with Gasteiger partial charge < -0.3 is 15.2 Å². The second-order valence-electron chi connectivity index (χ2n) is 5.86. The number of carbonyl (C=O) groups excluding carboxylic acids is 1. The molecule has 1 aliphatic heterocycles. The van der Waals surface area contributed by atoms with Crippen LogP contribution in [0.25, 0.3) is 11.1 Å². The molecule has 0 spiro atoms. The molecule has 2 aromatic rings. The number of hydrogen-bond donors (Lipinski definition) is 2. The van der Waals surface area contributed by atoms with Crippen molar-refractivity contribution in [3.8, 4) is 0 Å². The quantitative estimate of drug-likeness (QED) is 0.904. The molecular formula is C15H21ClN4O2. The molecule has 7 heteroatoms. The molecule has 2 N–H and O–H groups in total. The first kappa shape index (κ1) is 16.7. The molecule has 0 aliphatic carbocycles. The van der Waals surface area contributed by atoms with Crippen molar-refractivity contribution in [2.45, 2.75) is 39.2 Å². The number of aromatic nitrogens is 2. The van der Waals surface area contributed by atoms with E-state index in [2.05, 4.69) is 20.8 Å². The number of rotatable bonds is 3. The molecule has 0 radical (unpaired) electrons. The van der Waals surface area contributed by atoms with Crippen LogP contribution in [0.3, 0.4) is 0 Å². The van der Waals surface area contributed by atoms with Gasteiger partial charge in [-0.2, -0.15) is 0 Å². The first-order valence-electron chi connectivity index (χ1n) is 7.34. The predicted molar refractivity (Wildman–Crippen MR) is 86.6 cm³/mol. The van der Waals surface area contributed by atoms with Crippen LogP contribution in [0.4, 0.5) is 0 Å². The van der Waals surface area contributed by atoms with Gasteiger partial charge in [-0.05, 0) is 31.9 Å². The molecule has 2 aromatic heterocycles. The topological polar surface area (TPSA) is 80.0 Å². The Morgan fingerprint density at radius 1 is 1.50 bits per heavy atom. The van der Waals surface area contributed by atoms with Crippen LogP contribution in [0.5, 0.6) is 0 Å². The highest BCUT2D eigenvalue weighted by Crippen LogP contribution is 2.25. The average Bonchev–Trinajstić information content (AvgIpc) is 3.08. The highest BCUT2D eigenvalue weighted by molar-refractivity contribution is 6.06. The average molecular weight is 325 g/mol. The molecule has 1 aliphatic rings. The summed E-state index contributed by atoms with van der Waals surface area (Å²) in [6.07, 6.45) is 0.958. The summed E-state index contributed by atoms with van der Waals surface area (Å²) in [6.45, 7) is 7.68. The zero-order valence-electron chi connectivity index (χ0n) is 13.0.